The Morgan fingerprint density at radius 3 is 2.56 bits per heavy atom. The van der Waals surface area contributed by atoms with Crippen LogP contribution in [-0.4, -0.2) is 42.4 Å². The number of alkyl halides is 3. The molecule has 0 radical (unpaired) electrons. The highest BCUT2D eigenvalue weighted by Gasteiger charge is 2.43. The molecule has 3 unspecified atom stereocenters. The summed E-state index contributed by atoms with van der Waals surface area (Å²) in [6, 6.07) is 3.30. The Bertz CT molecular complexity index is 780. The van der Waals surface area contributed by atoms with Gasteiger partial charge in [-0.25, -0.2) is 0 Å². The zero-order valence-electron chi connectivity index (χ0n) is 14.8. The third-order valence-electron chi connectivity index (χ3n) is 6.08. The van der Waals surface area contributed by atoms with Crippen molar-refractivity contribution < 1.29 is 22.8 Å². The van der Waals surface area contributed by atoms with Gasteiger partial charge in [-0.05, 0) is 49.3 Å². The maximum Gasteiger partial charge on any atom is 0.416 e. The lowest BCUT2D eigenvalue weighted by Crippen LogP contribution is -2.34. The molecule has 0 aromatic heterocycles. The maximum atomic E-state index is 13.4. The minimum atomic E-state index is -4.59. The van der Waals surface area contributed by atoms with Crippen molar-refractivity contribution in [2.75, 3.05) is 24.5 Å². The molecule has 1 saturated carbocycles. The fourth-order valence-corrected chi connectivity index (χ4v) is 4.63. The number of anilines is 1. The number of benzene rings is 1. The smallest absolute Gasteiger partial charge is 0.338 e. The lowest BCUT2D eigenvalue weighted by molar-refractivity contribution is -0.137. The number of carbonyl (C=O) groups excluding carboxylic acids is 2. The molecule has 0 bridgehead atoms. The molecule has 2 amide bonds. The Balaban J connectivity index is 1.65. The second-order valence-electron chi connectivity index (χ2n) is 7.79. The number of carbonyl (C=O) groups is 2. The van der Waals surface area contributed by atoms with Gasteiger partial charge >= 0.3 is 6.18 Å². The number of fused-ring (bicyclic) bond motifs is 1. The molecule has 2 aliphatic heterocycles. The third-order valence-corrected chi connectivity index (χ3v) is 6.08. The third kappa shape index (κ3) is 3.31. The largest absolute Gasteiger partial charge is 0.416 e. The molecule has 3 aliphatic rings. The Labute approximate surface area is 155 Å². The van der Waals surface area contributed by atoms with Crippen molar-refractivity contribution in [2.45, 2.75) is 37.9 Å². The Hall–Kier alpha value is -2.09. The Kier molecular flexibility index (Phi) is 4.41. The van der Waals surface area contributed by atoms with Crippen molar-refractivity contribution in [2.24, 2.45) is 17.6 Å². The molecule has 146 valence electrons. The molecule has 2 saturated heterocycles. The quantitative estimate of drug-likeness (QED) is 0.857. The van der Waals surface area contributed by atoms with Crippen LogP contribution < -0.4 is 10.6 Å². The predicted molar refractivity (Wildman–Crippen MR) is 93.1 cm³/mol. The van der Waals surface area contributed by atoms with Gasteiger partial charge in [-0.2, -0.15) is 13.2 Å². The Morgan fingerprint density at radius 2 is 1.93 bits per heavy atom. The number of nitrogens with zero attached hydrogens (tertiary/aromatic N) is 2. The van der Waals surface area contributed by atoms with Crippen molar-refractivity contribution in [3.05, 3.63) is 29.3 Å². The molecule has 4 rings (SSSR count). The lowest BCUT2D eigenvalue weighted by Gasteiger charge is -2.22. The minimum Gasteiger partial charge on any atom is -0.338 e. The average Bonchev–Trinajstić information content (AvgIpc) is 3.31. The summed E-state index contributed by atoms with van der Waals surface area (Å²) < 4.78 is 40.1. The molecule has 2 N–H and O–H groups in total. The molecule has 3 fully saturated rings. The van der Waals surface area contributed by atoms with Gasteiger partial charge in [0.05, 0.1) is 5.56 Å². The fraction of sp³-hybridized carbons (Fsp3) is 0.579. The van der Waals surface area contributed by atoms with Gasteiger partial charge in [-0.1, -0.05) is 0 Å². The summed E-state index contributed by atoms with van der Waals surface area (Å²) in [5.74, 6) is -0.0845. The molecule has 3 atom stereocenters. The molecule has 8 heteroatoms. The average molecular weight is 381 g/mol. The summed E-state index contributed by atoms with van der Waals surface area (Å²) in [5, 5.41) is 0. The van der Waals surface area contributed by atoms with Gasteiger partial charge in [0.15, 0.2) is 0 Å². The number of halogens is 3. The van der Waals surface area contributed by atoms with Gasteiger partial charge in [-0.3, -0.25) is 9.59 Å². The SMILES string of the molecule is NC1CCC2CN(C(=O)c3cc(N4CCCC4=O)cc(C(F)(F)F)c3)CC12. The normalized spacial score (nSPS) is 28.1. The fourth-order valence-electron chi connectivity index (χ4n) is 4.63. The van der Waals surface area contributed by atoms with Crippen molar-refractivity contribution in [1.82, 2.24) is 4.90 Å². The summed E-state index contributed by atoms with van der Waals surface area (Å²) in [4.78, 5) is 27.8. The molecular weight excluding hydrogens is 359 g/mol. The first-order valence-electron chi connectivity index (χ1n) is 9.31. The van der Waals surface area contributed by atoms with Crippen LogP contribution in [0.25, 0.3) is 0 Å². The summed E-state index contributed by atoms with van der Waals surface area (Å²) in [7, 11) is 0. The number of hydrogen-bond donors (Lipinski definition) is 1. The lowest BCUT2D eigenvalue weighted by atomic mass is 9.98. The zero-order chi connectivity index (χ0) is 19.3. The van der Waals surface area contributed by atoms with Crippen LogP contribution in [-0.2, 0) is 11.0 Å². The van der Waals surface area contributed by atoms with E-state index in [1.165, 1.54) is 11.0 Å². The van der Waals surface area contributed by atoms with E-state index in [0.717, 1.165) is 25.0 Å². The molecule has 2 heterocycles. The van der Waals surface area contributed by atoms with Crippen LogP contribution in [0.5, 0.6) is 0 Å². The number of amides is 2. The first kappa shape index (κ1) is 18.3. The van der Waals surface area contributed by atoms with Crippen molar-refractivity contribution >= 4 is 17.5 Å². The van der Waals surface area contributed by atoms with E-state index < -0.39 is 17.6 Å². The van der Waals surface area contributed by atoms with Crippen LogP contribution in [0.15, 0.2) is 18.2 Å². The summed E-state index contributed by atoms with van der Waals surface area (Å²) >= 11 is 0. The van der Waals surface area contributed by atoms with Crippen molar-refractivity contribution in [3.63, 3.8) is 0 Å². The summed E-state index contributed by atoms with van der Waals surface area (Å²) in [6.07, 6.45) is -1.79. The standard InChI is InChI=1S/C19H22F3N3O2/c20-19(21,22)13-6-12(7-14(8-13)25-5-1-2-17(25)26)18(27)24-9-11-3-4-16(23)15(11)10-24/h6-8,11,15-16H,1-5,9-10,23H2. The first-order chi connectivity index (χ1) is 12.7. The predicted octanol–water partition coefficient (Wildman–Crippen LogP) is 2.64. The van der Waals surface area contributed by atoms with E-state index in [2.05, 4.69) is 0 Å². The van der Waals surface area contributed by atoms with Crippen LogP contribution in [0.3, 0.4) is 0 Å². The van der Waals surface area contributed by atoms with Crippen molar-refractivity contribution in [3.8, 4) is 0 Å². The molecule has 1 aliphatic carbocycles. The van der Waals surface area contributed by atoms with Gasteiger partial charge in [-0.15, -0.1) is 0 Å². The molecular formula is C19H22F3N3O2. The zero-order valence-corrected chi connectivity index (χ0v) is 14.8. The number of nitrogens with two attached hydrogens (primary N) is 1. The van der Waals surface area contributed by atoms with E-state index in [4.69, 9.17) is 5.73 Å². The van der Waals surface area contributed by atoms with Crippen LogP contribution in [0, 0.1) is 11.8 Å². The second kappa shape index (κ2) is 6.51. The molecule has 27 heavy (non-hydrogen) atoms. The van der Waals surface area contributed by atoms with Gasteiger partial charge < -0.3 is 15.5 Å². The highest BCUT2D eigenvalue weighted by Crippen LogP contribution is 2.39. The van der Waals surface area contributed by atoms with E-state index in [0.29, 0.717) is 38.4 Å². The number of rotatable bonds is 2. The van der Waals surface area contributed by atoms with Gasteiger partial charge in [0.25, 0.3) is 5.91 Å². The van der Waals surface area contributed by atoms with Gasteiger partial charge in [0, 0.05) is 43.3 Å². The highest BCUT2D eigenvalue weighted by molar-refractivity contribution is 5.99. The van der Waals surface area contributed by atoms with E-state index in [9.17, 15) is 22.8 Å². The first-order valence-corrected chi connectivity index (χ1v) is 9.31. The van der Waals surface area contributed by atoms with E-state index >= 15 is 0 Å². The molecule has 0 spiro atoms. The monoisotopic (exact) mass is 381 g/mol. The second-order valence-corrected chi connectivity index (χ2v) is 7.79. The Morgan fingerprint density at radius 1 is 1.15 bits per heavy atom. The van der Waals surface area contributed by atoms with Crippen molar-refractivity contribution in [1.29, 1.82) is 0 Å². The summed E-state index contributed by atoms with van der Waals surface area (Å²) in [5.41, 5.74) is 5.31. The minimum absolute atomic E-state index is 0.0203. The molecule has 1 aromatic rings. The number of likely N-dealkylation sites (tertiary alicyclic amines) is 1. The summed E-state index contributed by atoms with van der Waals surface area (Å²) in [6.45, 7) is 1.39. The number of hydrogen-bond acceptors (Lipinski definition) is 3. The molecule has 5 nitrogen and oxygen atoms in total. The van der Waals surface area contributed by atoms with Gasteiger partial charge in [0.1, 0.15) is 0 Å². The topological polar surface area (TPSA) is 66.6 Å². The van der Waals surface area contributed by atoms with E-state index in [1.807, 2.05) is 0 Å². The maximum absolute atomic E-state index is 13.4. The van der Waals surface area contributed by atoms with E-state index in [1.54, 1.807) is 4.90 Å². The van der Waals surface area contributed by atoms with Crippen LogP contribution in [0.1, 0.15) is 41.6 Å². The van der Waals surface area contributed by atoms with Crippen LogP contribution >= 0.6 is 0 Å². The highest BCUT2D eigenvalue weighted by atomic mass is 19.4. The van der Waals surface area contributed by atoms with E-state index in [-0.39, 0.29) is 29.1 Å². The molecule has 1 aromatic carbocycles. The van der Waals surface area contributed by atoms with Gasteiger partial charge in [0.2, 0.25) is 5.91 Å². The van der Waals surface area contributed by atoms with Crippen LogP contribution in [0.2, 0.25) is 0 Å². The van der Waals surface area contributed by atoms with Crippen LogP contribution in [0.4, 0.5) is 18.9 Å².